The molecule has 1 unspecified atom stereocenters. The smallest absolute Gasteiger partial charge is 0.173 e. The molecule has 1 aromatic carbocycles. The van der Waals surface area contributed by atoms with Crippen molar-refractivity contribution in [1.82, 2.24) is 5.32 Å². The van der Waals surface area contributed by atoms with Crippen LogP contribution in [0.15, 0.2) is 39.6 Å². The molecule has 96 valence electrons. The van der Waals surface area contributed by atoms with E-state index in [1.807, 2.05) is 0 Å². The van der Waals surface area contributed by atoms with Crippen LogP contribution < -0.4 is 5.32 Å². The first-order valence-corrected chi connectivity index (χ1v) is 6.25. The summed E-state index contributed by atoms with van der Waals surface area (Å²) in [5.74, 6) is -1.62. The molecule has 0 aliphatic rings. The van der Waals surface area contributed by atoms with Gasteiger partial charge in [-0.05, 0) is 47.1 Å². The highest BCUT2D eigenvalue weighted by atomic mass is 79.9. The van der Waals surface area contributed by atoms with Gasteiger partial charge >= 0.3 is 0 Å². The maximum Gasteiger partial charge on any atom is 0.173 e. The van der Waals surface area contributed by atoms with E-state index in [9.17, 15) is 8.78 Å². The highest BCUT2D eigenvalue weighted by molar-refractivity contribution is 9.10. The molecular weight excluding hydrogens is 304 g/mol. The van der Waals surface area contributed by atoms with Gasteiger partial charge in [0.15, 0.2) is 16.3 Å². The average Bonchev–Trinajstić information content (AvgIpc) is 2.77. The lowest BCUT2D eigenvalue weighted by molar-refractivity contribution is 0.482. The minimum absolute atomic E-state index is 0.144. The van der Waals surface area contributed by atoms with Crippen LogP contribution in [0.5, 0.6) is 0 Å². The van der Waals surface area contributed by atoms with Crippen LogP contribution in [-0.2, 0) is 6.42 Å². The zero-order chi connectivity index (χ0) is 13.1. The van der Waals surface area contributed by atoms with E-state index >= 15 is 0 Å². The second kappa shape index (κ2) is 5.63. The summed E-state index contributed by atoms with van der Waals surface area (Å²) in [7, 11) is 1.77. The number of hydrogen-bond donors (Lipinski definition) is 1. The lowest BCUT2D eigenvalue weighted by atomic mass is 10.0. The monoisotopic (exact) mass is 315 g/mol. The van der Waals surface area contributed by atoms with Gasteiger partial charge in [-0.1, -0.05) is 12.1 Å². The molecule has 1 heterocycles. The Morgan fingerprint density at radius 1 is 1.33 bits per heavy atom. The van der Waals surface area contributed by atoms with E-state index in [-0.39, 0.29) is 6.04 Å². The fourth-order valence-corrected chi connectivity index (χ4v) is 2.36. The third-order valence-electron chi connectivity index (χ3n) is 2.83. The number of nitrogens with one attached hydrogen (secondary N) is 1. The molecule has 0 saturated carbocycles. The topological polar surface area (TPSA) is 25.2 Å². The van der Waals surface area contributed by atoms with Crippen molar-refractivity contribution in [3.63, 3.8) is 0 Å². The largest absolute Gasteiger partial charge is 0.457 e. The summed E-state index contributed by atoms with van der Waals surface area (Å²) >= 11 is 3.28. The Labute approximate surface area is 112 Å². The molecule has 1 N–H and O–H groups in total. The van der Waals surface area contributed by atoms with Crippen LogP contribution in [-0.4, -0.2) is 7.05 Å². The van der Waals surface area contributed by atoms with Crippen LogP contribution in [0.3, 0.4) is 0 Å². The van der Waals surface area contributed by atoms with Gasteiger partial charge in [-0.3, -0.25) is 0 Å². The third-order valence-corrected chi connectivity index (χ3v) is 3.47. The van der Waals surface area contributed by atoms with Gasteiger partial charge in [0.2, 0.25) is 0 Å². The van der Waals surface area contributed by atoms with Crippen molar-refractivity contribution in [2.75, 3.05) is 7.05 Å². The van der Waals surface area contributed by atoms with Crippen LogP contribution >= 0.6 is 15.9 Å². The van der Waals surface area contributed by atoms with Gasteiger partial charge < -0.3 is 9.73 Å². The Bertz CT molecular complexity index is 542. The van der Waals surface area contributed by atoms with E-state index in [0.717, 1.165) is 11.6 Å². The Balaban J connectivity index is 2.26. The molecule has 2 nitrogen and oxygen atoms in total. The summed E-state index contributed by atoms with van der Waals surface area (Å²) in [5, 5.41) is 3.06. The number of benzene rings is 1. The molecule has 2 rings (SSSR count). The molecule has 0 bridgehead atoms. The summed E-state index contributed by atoms with van der Waals surface area (Å²) in [6.07, 6.45) is 1.89. The zero-order valence-electron chi connectivity index (χ0n) is 9.71. The van der Waals surface area contributed by atoms with Gasteiger partial charge in [0.05, 0.1) is 6.26 Å². The zero-order valence-corrected chi connectivity index (χ0v) is 11.3. The lowest BCUT2D eigenvalue weighted by Gasteiger charge is -2.15. The van der Waals surface area contributed by atoms with Gasteiger partial charge in [0.1, 0.15) is 0 Å². The Kier molecular flexibility index (Phi) is 4.14. The van der Waals surface area contributed by atoms with Crippen molar-refractivity contribution in [1.29, 1.82) is 0 Å². The summed E-state index contributed by atoms with van der Waals surface area (Å²) < 4.78 is 32.5. The maximum atomic E-state index is 13.6. The number of furan rings is 1. The number of likely N-dealkylation sites (N-methyl/N-ethyl adjacent to an activating group) is 1. The summed E-state index contributed by atoms with van der Waals surface area (Å²) in [6.45, 7) is 0. The van der Waals surface area contributed by atoms with Crippen LogP contribution in [0.25, 0.3) is 0 Å². The first-order valence-electron chi connectivity index (χ1n) is 5.46. The summed E-state index contributed by atoms with van der Waals surface area (Å²) in [4.78, 5) is 0. The molecule has 0 spiro atoms. The van der Waals surface area contributed by atoms with Gasteiger partial charge in [0.25, 0.3) is 0 Å². The minimum atomic E-state index is -0.825. The molecule has 2 aromatic rings. The standard InChI is InChI=1S/C13H12BrF2NO/c1-17-11(9-5-6-18-13(9)14)7-8-3-2-4-10(15)12(8)16/h2-6,11,17H,7H2,1H3. The quantitative estimate of drug-likeness (QED) is 0.927. The van der Waals surface area contributed by atoms with Crippen LogP contribution in [0.2, 0.25) is 0 Å². The highest BCUT2D eigenvalue weighted by Crippen LogP contribution is 2.27. The Morgan fingerprint density at radius 3 is 2.72 bits per heavy atom. The van der Waals surface area contributed by atoms with Crippen LogP contribution in [0, 0.1) is 11.6 Å². The van der Waals surface area contributed by atoms with Crippen LogP contribution in [0.4, 0.5) is 8.78 Å². The highest BCUT2D eigenvalue weighted by Gasteiger charge is 2.18. The van der Waals surface area contributed by atoms with Gasteiger partial charge in [-0.25, -0.2) is 8.78 Å². The van der Waals surface area contributed by atoms with E-state index in [4.69, 9.17) is 4.42 Å². The fraction of sp³-hybridized carbons (Fsp3) is 0.231. The third kappa shape index (κ3) is 2.62. The van der Waals surface area contributed by atoms with Crippen molar-refractivity contribution in [2.45, 2.75) is 12.5 Å². The second-order valence-electron chi connectivity index (χ2n) is 3.91. The molecule has 5 heteroatoms. The Morgan fingerprint density at radius 2 is 2.11 bits per heavy atom. The molecule has 18 heavy (non-hydrogen) atoms. The predicted molar refractivity (Wildman–Crippen MR) is 68.3 cm³/mol. The van der Waals surface area contributed by atoms with Gasteiger partial charge in [-0.15, -0.1) is 0 Å². The van der Waals surface area contributed by atoms with E-state index in [1.54, 1.807) is 25.4 Å². The predicted octanol–water partition coefficient (Wildman–Crippen LogP) is 3.82. The molecule has 0 aliphatic heterocycles. The van der Waals surface area contributed by atoms with E-state index in [2.05, 4.69) is 21.2 Å². The first-order chi connectivity index (χ1) is 8.63. The molecule has 0 amide bonds. The molecule has 0 fully saturated rings. The maximum absolute atomic E-state index is 13.6. The average molecular weight is 316 g/mol. The van der Waals surface area contributed by atoms with Crippen LogP contribution in [0.1, 0.15) is 17.2 Å². The molecule has 0 aliphatic carbocycles. The van der Waals surface area contributed by atoms with E-state index in [0.29, 0.717) is 16.7 Å². The second-order valence-corrected chi connectivity index (χ2v) is 4.63. The van der Waals surface area contributed by atoms with E-state index < -0.39 is 11.6 Å². The Hall–Kier alpha value is -1.20. The summed E-state index contributed by atoms with van der Waals surface area (Å²) in [6, 6.07) is 5.85. The number of rotatable bonds is 4. The van der Waals surface area contributed by atoms with Crippen molar-refractivity contribution < 1.29 is 13.2 Å². The minimum Gasteiger partial charge on any atom is -0.457 e. The molecule has 0 saturated heterocycles. The number of hydrogen-bond acceptors (Lipinski definition) is 2. The van der Waals surface area contributed by atoms with Gasteiger partial charge in [0, 0.05) is 11.6 Å². The van der Waals surface area contributed by atoms with Crippen molar-refractivity contribution in [3.8, 4) is 0 Å². The molecule has 1 atom stereocenters. The normalized spacial score (nSPS) is 12.7. The van der Waals surface area contributed by atoms with Crippen molar-refractivity contribution in [3.05, 3.63) is 58.0 Å². The SMILES string of the molecule is CNC(Cc1cccc(F)c1F)c1ccoc1Br. The fourth-order valence-electron chi connectivity index (χ4n) is 1.85. The van der Waals surface area contributed by atoms with Crippen molar-refractivity contribution >= 4 is 15.9 Å². The van der Waals surface area contributed by atoms with E-state index in [1.165, 1.54) is 6.07 Å². The number of halogens is 3. The first kappa shape index (κ1) is 13.2. The molecule has 0 radical (unpaired) electrons. The molecular formula is C13H12BrF2NO. The van der Waals surface area contributed by atoms with Gasteiger partial charge in [-0.2, -0.15) is 0 Å². The molecule has 1 aromatic heterocycles. The summed E-state index contributed by atoms with van der Waals surface area (Å²) in [5.41, 5.74) is 1.21. The van der Waals surface area contributed by atoms with Crippen molar-refractivity contribution in [2.24, 2.45) is 0 Å². The lowest BCUT2D eigenvalue weighted by Crippen LogP contribution is -2.19.